The molecule has 1 aliphatic rings. The van der Waals surface area contributed by atoms with Gasteiger partial charge in [0.25, 0.3) is 0 Å². The smallest absolute Gasteiger partial charge is 0.135 e. The SMILES string of the molecule is N[C@H]1CCCN(c2ccnc3ccc(-c4cccc(-c5c(F)cccc5F)n4)cc23)C1. The zero-order valence-corrected chi connectivity index (χ0v) is 16.9. The van der Waals surface area contributed by atoms with Gasteiger partial charge in [-0.1, -0.05) is 18.2 Å². The molecule has 1 atom stereocenters. The van der Waals surface area contributed by atoms with Crippen LogP contribution in [0.2, 0.25) is 0 Å². The van der Waals surface area contributed by atoms with Crippen molar-refractivity contribution in [3.63, 3.8) is 0 Å². The second-order valence-corrected chi connectivity index (χ2v) is 7.92. The maximum Gasteiger partial charge on any atom is 0.135 e. The van der Waals surface area contributed by atoms with Gasteiger partial charge < -0.3 is 10.6 Å². The van der Waals surface area contributed by atoms with Gasteiger partial charge in [-0.2, -0.15) is 0 Å². The van der Waals surface area contributed by atoms with Crippen LogP contribution < -0.4 is 10.6 Å². The summed E-state index contributed by atoms with van der Waals surface area (Å²) in [5, 5.41) is 1.01. The third kappa shape index (κ3) is 3.75. The third-order valence-electron chi connectivity index (χ3n) is 5.78. The van der Waals surface area contributed by atoms with Crippen molar-refractivity contribution in [1.82, 2.24) is 9.97 Å². The van der Waals surface area contributed by atoms with Crippen molar-refractivity contribution in [3.8, 4) is 22.5 Å². The normalized spacial score (nSPS) is 16.6. The minimum absolute atomic E-state index is 0.116. The quantitative estimate of drug-likeness (QED) is 0.501. The fraction of sp³-hybridized carbons (Fsp3) is 0.200. The zero-order chi connectivity index (χ0) is 21.4. The molecule has 1 aliphatic heterocycles. The molecule has 4 aromatic rings. The predicted octanol–water partition coefficient (Wildman–Crippen LogP) is 5.17. The minimum atomic E-state index is -0.629. The molecule has 0 saturated carbocycles. The van der Waals surface area contributed by atoms with E-state index in [9.17, 15) is 8.78 Å². The molecule has 156 valence electrons. The number of hydrogen-bond acceptors (Lipinski definition) is 4. The predicted molar refractivity (Wildman–Crippen MR) is 120 cm³/mol. The summed E-state index contributed by atoms with van der Waals surface area (Å²) in [6, 6.07) is 17.2. The highest BCUT2D eigenvalue weighted by atomic mass is 19.1. The molecule has 0 radical (unpaired) electrons. The first-order valence-electron chi connectivity index (χ1n) is 10.4. The Morgan fingerprint density at radius 3 is 2.52 bits per heavy atom. The van der Waals surface area contributed by atoms with Gasteiger partial charge in [-0.25, -0.2) is 13.8 Å². The highest BCUT2D eigenvalue weighted by Crippen LogP contribution is 2.32. The topological polar surface area (TPSA) is 55.0 Å². The highest BCUT2D eigenvalue weighted by Gasteiger charge is 2.19. The fourth-order valence-electron chi connectivity index (χ4n) is 4.27. The number of aromatic nitrogens is 2. The largest absolute Gasteiger partial charge is 0.369 e. The maximum absolute atomic E-state index is 14.3. The molecule has 3 heterocycles. The lowest BCUT2D eigenvalue weighted by Gasteiger charge is -2.33. The Bertz CT molecular complexity index is 1240. The molecule has 5 rings (SSSR count). The van der Waals surface area contributed by atoms with Crippen LogP contribution in [0, 0.1) is 11.6 Å². The van der Waals surface area contributed by atoms with E-state index in [1.807, 2.05) is 36.5 Å². The van der Waals surface area contributed by atoms with Crippen molar-refractivity contribution < 1.29 is 8.78 Å². The van der Waals surface area contributed by atoms with E-state index in [2.05, 4.69) is 14.9 Å². The molecule has 0 bridgehead atoms. The summed E-state index contributed by atoms with van der Waals surface area (Å²) in [7, 11) is 0. The summed E-state index contributed by atoms with van der Waals surface area (Å²) in [5.74, 6) is -1.26. The van der Waals surface area contributed by atoms with Gasteiger partial charge in [0, 0.05) is 42.0 Å². The molecule has 2 N–H and O–H groups in total. The number of pyridine rings is 2. The standard InChI is InChI=1S/C25H22F2N4/c26-19-5-1-6-20(27)25(19)23-8-2-7-21(30-23)16-9-10-22-18(14-16)24(11-12-29-22)31-13-3-4-17(28)15-31/h1-2,5-12,14,17H,3-4,13,15,28H2/t17-/m0/s1. The zero-order valence-electron chi connectivity index (χ0n) is 16.9. The average molecular weight is 416 g/mol. The minimum Gasteiger partial charge on any atom is -0.369 e. The van der Waals surface area contributed by atoms with Gasteiger partial charge in [-0.3, -0.25) is 4.98 Å². The molecule has 2 aromatic carbocycles. The molecule has 2 aromatic heterocycles. The number of piperidine rings is 1. The molecular formula is C25H22F2N4. The van der Waals surface area contributed by atoms with Crippen LogP contribution in [0.5, 0.6) is 0 Å². The number of anilines is 1. The summed E-state index contributed by atoms with van der Waals surface area (Å²) in [4.78, 5) is 11.4. The monoisotopic (exact) mass is 416 g/mol. The molecule has 1 fully saturated rings. The Morgan fingerprint density at radius 1 is 0.935 bits per heavy atom. The first kappa shape index (κ1) is 19.6. The summed E-state index contributed by atoms with van der Waals surface area (Å²) in [6.45, 7) is 1.76. The second kappa shape index (κ2) is 8.04. The van der Waals surface area contributed by atoms with Gasteiger partial charge in [-0.15, -0.1) is 0 Å². The van der Waals surface area contributed by atoms with Crippen LogP contribution in [0.3, 0.4) is 0 Å². The molecule has 0 amide bonds. The first-order chi connectivity index (χ1) is 15.1. The van der Waals surface area contributed by atoms with Crippen molar-refractivity contribution >= 4 is 16.6 Å². The van der Waals surface area contributed by atoms with E-state index in [-0.39, 0.29) is 17.3 Å². The van der Waals surface area contributed by atoms with Crippen LogP contribution in [0.4, 0.5) is 14.5 Å². The van der Waals surface area contributed by atoms with E-state index in [4.69, 9.17) is 5.73 Å². The molecule has 0 unspecified atom stereocenters. The number of hydrogen-bond donors (Lipinski definition) is 1. The average Bonchev–Trinajstić information content (AvgIpc) is 2.78. The van der Waals surface area contributed by atoms with Crippen LogP contribution in [0.15, 0.2) is 66.9 Å². The number of rotatable bonds is 3. The Hall–Kier alpha value is -3.38. The summed E-state index contributed by atoms with van der Waals surface area (Å²) < 4.78 is 28.5. The van der Waals surface area contributed by atoms with Crippen LogP contribution in [0.25, 0.3) is 33.4 Å². The molecule has 31 heavy (non-hydrogen) atoms. The van der Waals surface area contributed by atoms with E-state index in [0.29, 0.717) is 5.69 Å². The number of fused-ring (bicyclic) bond motifs is 1. The Labute approximate surface area is 179 Å². The summed E-state index contributed by atoms with van der Waals surface area (Å²) in [5.41, 5.74) is 9.83. The van der Waals surface area contributed by atoms with Gasteiger partial charge in [0.15, 0.2) is 0 Å². The fourth-order valence-corrected chi connectivity index (χ4v) is 4.27. The van der Waals surface area contributed by atoms with Crippen LogP contribution in [0.1, 0.15) is 12.8 Å². The molecular weight excluding hydrogens is 394 g/mol. The van der Waals surface area contributed by atoms with Gasteiger partial charge in [0.05, 0.1) is 22.5 Å². The van der Waals surface area contributed by atoms with Gasteiger partial charge >= 0.3 is 0 Å². The van der Waals surface area contributed by atoms with Crippen LogP contribution >= 0.6 is 0 Å². The van der Waals surface area contributed by atoms with Crippen molar-refractivity contribution in [1.29, 1.82) is 0 Å². The highest BCUT2D eigenvalue weighted by molar-refractivity contribution is 5.94. The summed E-state index contributed by atoms with van der Waals surface area (Å²) >= 11 is 0. The van der Waals surface area contributed by atoms with Crippen molar-refractivity contribution in [2.75, 3.05) is 18.0 Å². The molecule has 6 heteroatoms. The van der Waals surface area contributed by atoms with E-state index in [1.165, 1.54) is 18.2 Å². The van der Waals surface area contributed by atoms with Gasteiger partial charge in [0.2, 0.25) is 0 Å². The Morgan fingerprint density at radius 2 is 1.71 bits per heavy atom. The van der Waals surface area contributed by atoms with Crippen molar-refractivity contribution in [2.24, 2.45) is 5.73 Å². The maximum atomic E-state index is 14.3. The number of nitrogens with zero attached hydrogens (tertiary/aromatic N) is 3. The molecule has 1 saturated heterocycles. The molecule has 0 spiro atoms. The van der Waals surface area contributed by atoms with Gasteiger partial charge in [0.1, 0.15) is 11.6 Å². The third-order valence-corrected chi connectivity index (χ3v) is 5.78. The first-order valence-corrected chi connectivity index (χ1v) is 10.4. The Kier molecular flexibility index (Phi) is 5.08. The van der Waals surface area contributed by atoms with E-state index in [0.717, 1.165) is 48.1 Å². The number of halogens is 2. The Balaban J connectivity index is 1.59. The summed E-state index contributed by atoms with van der Waals surface area (Å²) in [6.07, 6.45) is 3.91. The van der Waals surface area contributed by atoms with E-state index in [1.54, 1.807) is 12.1 Å². The molecule has 0 aliphatic carbocycles. The number of benzene rings is 2. The lowest BCUT2D eigenvalue weighted by Crippen LogP contribution is -2.42. The van der Waals surface area contributed by atoms with Crippen molar-refractivity contribution in [3.05, 3.63) is 78.5 Å². The van der Waals surface area contributed by atoms with Crippen LogP contribution in [-0.4, -0.2) is 29.1 Å². The second-order valence-electron chi connectivity index (χ2n) is 7.92. The van der Waals surface area contributed by atoms with E-state index >= 15 is 0 Å². The lowest BCUT2D eigenvalue weighted by molar-refractivity contribution is 0.507. The lowest BCUT2D eigenvalue weighted by atomic mass is 10.0. The van der Waals surface area contributed by atoms with Crippen LogP contribution in [-0.2, 0) is 0 Å². The van der Waals surface area contributed by atoms with Crippen molar-refractivity contribution in [2.45, 2.75) is 18.9 Å². The number of nitrogens with two attached hydrogens (primary N) is 1. The van der Waals surface area contributed by atoms with Gasteiger partial charge in [-0.05, 0) is 55.3 Å². The van der Waals surface area contributed by atoms with E-state index < -0.39 is 11.6 Å². The molecule has 4 nitrogen and oxygen atoms in total.